The van der Waals surface area contributed by atoms with Gasteiger partial charge in [-0.25, -0.2) is 0 Å². The topological polar surface area (TPSA) is 35.2 Å². The van der Waals surface area contributed by atoms with Crippen LogP contribution in [-0.2, 0) is 0 Å². The van der Waals surface area contributed by atoms with E-state index in [1.807, 2.05) is 6.07 Å². The van der Waals surface area contributed by atoms with Crippen molar-refractivity contribution in [2.75, 3.05) is 7.11 Å². The Morgan fingerprint density at radius 3 is 2.53 bits per heavy atom. The van der Waals surface area contributed by atoms with E-state index in [1.165, 1.54) is 24.0 Å². The SMILES string of the molecule is COc1ccc([C@H](N)C2CC2)cc1C.Cl. The Morgan fingerprint density at radius 2 is 2.07 bits per heavy atom. The zero-order valence-corrected chi connectivity index (χ0v) is 10.0. The minimum atomic E-state index is 0. The lowest BCUT2D eigenvalue weighted by Gasteiger charge is -2.13. The number of ether oxygens (including phenoxy) is 1. The van der Waals surface area contributed by atoms with Crippen molar-refractivity contribution in [3.63, 3.8) is 0 Å². The second-order valence-electron chi connectivity index (χ2n) is 4.09. The van der Waals surface area contributed by atoms with Crippen molar-refractivity contribution in [3.05, 3.63) is 29.3 Å². The third-order valence-electron chi connectivity index (χ3n) is 2.93. The van der Waals surface area contributed by atoms with Gasteiger partial charge in [0.1, 0.15) is 5.75 Å². The first-order chi connectivity index (χ1) is 6.72. The van der Waals surface area contributed by atoms with Crippen molar-refractivity contribution < 1.29 is 4.74 Å². The smallest absolute Gasteiger partial charge is 0.121 e. The van der Waals surface area contributed by atoms with Gasteiger partial charge >= 0.3 is 0 Å². The van der Waals surface area contributed by atoms with Crippen molar-refractivity contribution in [1.82, 2.24) is 0 Å². The lowest BCUT2D eigenvalue weighted by atomic mass is 10.0. The van der Waals surface area contributed by atoms with Crippen molar-refractivity contribution in [1.29, 1.82) is 0 Å². The van der Waals surface area contributed by atoms with E-state index in [0.717, 1.165) is 5.75 Å². The van der Waals surface area contributed by atoms with Gasteiger partial charge in [0, 0.05) is 6.04 Å². The van der Waals surface area contributed by atoms with E-state index in [9.17, 15) is 0 Å². The fourth-order valence-electron chi connectivity index (χ4n) is 1.84. The second-order valence-corrected chi connectivity index (χ2v) is 4.09. The predicted molar refractivity (Wildman–Crippen MR) is 64.6 cm³/mol. The molecule has 2 rings (SSSR count). The van der Waals surface area contributed by atoms with Crippen LogP contribution in [0.1, 0.15) is 30.0 Å². The van der Waals surface area contributed by atoms with Crippen LogP contribution in [0.15, 0.2) is 18.2 Å². The van der Waals surface area contributed by atoms with Crippen molar-refractivity contribution >= 4 is 12.4 Å². The fraction of sp³-hybridized carbons (Fsp3) is 0.500. The standard InChI is InChI=1S/C12H17NO.ClH/c1-8-7-10(5-6-11(8)14-2)12(13)9-3-4-9;/h5-7,9,12H,3-4,13H2,1-2H3;1H/t12-;/m1./s1. The molecule has 1 aromatic rings. The number of hydrogen-bond donors (Lipinski definition) is 1. The summed E-state index contributed by atoms with van der Waals surface area (Å²) in [6, 6.07) is 6.45. The molecule has 0 amide bonds. The lowest BCUT2D eigenvalue weighted by Crippen LogP contribution is -2.12. The molecule has 84 valence electrons. The van der Waals surface area contributed by atoms with E-state index in [4.69, 9.17) is 10.5 Å². The highest BCUT2D eigenvalue weighted by atomic mass is 35.5. The maximum absolute atomic E-state index is 6.12. The highest BCUT2D eigenvalue weighted by molar-refractivity contribution is 5.85. The maximum Gasteiger partial charge on any atom is 0.121 e. The Kier molecular flexibility index (Phi) is 4.00. The number of hydrogen-bond acceptors (Lipinski definition) is 2. The van der Waals surface area contributed by atoms with Gasteiger partial charge in [-0.3, -0.25) is 0 Å². The minimum Gasteiger partial charge on any atom is -0.496 e. The largest absolute Gasteiger partial charge is 0.496 e. The molecule has 0 aromatic heterocycles. The summed E-state index contributed by atoms with van der Waals surface area (Å²) in [7, 11) is 1.70. The molecule has 0 bridgehead atoms. The Morgan fingerprint density at radius 1 is 1.40 bits per heavy atom. The molecule has 1 aliphatic rings. The second kappa shape index (κ2) is 4.86. The summed E-state index contributed by atoms with van der Waals surface area (Å²) in [6.45, 7) is 2.06. The van der Waals surface area contributed by atoms with Crippen molar-refractivity contribution in [3.8, 4) is 5.75 Å². The Hall–Kier alpha value is -0.730. The Balaban J connectivity index is 0.00000112. The monoisotopic (exact) mass is 227 g/mol. The fourth-order valence-corrected chi connectivity index (χ4v) is 1.84. The number of aryl methyl sites for hydroxylation is 1. The minimum absolute atomic E-state index is 0. The summed E-state index contributed by atoms with van der Waals surface area (Å²) in [5.41, 5.74) is 8.53. The van der Waals surface area contributed by atoms with Gasteiger partial charge in [-0.15, -0.1) is 12.4 Å². The number of benzene rings is 1. The molecule has 0 radical (unpaired) electrons. The molecule has 0 saturated heterocycles. The zero-order valence-electron chi connectivity index (χ0n) is 9.19. The van der Waals surface area contributed by atoms with Gasteiger partial charge in [-0.1, -0.05) is 12.1 Å². The van der Waals surface area contributed by atoms with Gasteiger partial charge < -0.3 is 10.5 Å². The first-order valence-corrected chi connectivity index (χ1v) is 5.12. The van der Waals surface area contributed by atoms with Gasteiger partial charge in [0.05, 0.1) is 7.11 Å². The van der Waals surface area contributed by atoms with Gasteiger partial charge in [0.2, 0.25) is 0 Å². The van der Waals surface area contributed by atoms with Crippen LogP contribution in [0.3, 0.4) is 0 Å². The number of rotatable bonds is 3. The molecule has 3 heteroatoms. The van der Waals surface area contributed by atoms with Crippen molar-refractivity contribution in [2.45, 2.75) is 25.8 Å². The molecule has 0 heterocycles. The van der Waals surface area contributed by atoms with E-state index in [-0.39, 0.29) is 18.4 Å². The summed E-state index contributed by atoms with van der Waals surface area (Å²) < 4.78 is 5.21. The first-order valence-electron chi connectivity index (χ1n) is 5.12. The number of halogens is 1. The van der Waals surface area contributed by atoms with Crippen LogP contribution in [0, 0.1) is 12.8 Å². The van der Waals surface area contributed by atoms with Crippen LogP contribution in [0.4, 0.5) is 0 Å². The van der Waals surface area contributed by atoms with Crippen LogP contribution in [-0.4, -0.2) is 7.11 Å². The number of nitrogens with two attached hydrogens (primary N) is 1. The summed E-state index contributed by atoms with van der Waals surface area (Å²) >= 11 is 0. The van der Waals surface area contributed by atoms with E-state index in [0.29, 0.717) is 5.92 Å². The summed E-state index contributed by atoms with van der Waals surface area (Å²) in [4.78, 5) is 0. The molecule has 2 N–H and O–H groups in total. The molecule has 0 unspecified atom stereocenters. The molecule has 1 atom stereocenters. The third kappa shape index (κ3) is 2.64. The molecular formula is C12H18ClNO. The average Bonchev–Trinajstić information content (AvgIpc) is 3.00. The average molecular weight is 228 g/mol. The van der Waals surface area contributed by atoms with Crippen molar-refractivity contribution in [2.24, 2.45) is 11.7 Å². The molecule has 0 aliphatic heterocycles. The highest BCUT2D eigenvalue weighted by Crippen LogP contribution is 2.40. The van der Waals surface area contributed by atoms with E-state index in [2.05, 4.69) is 19.1 Å². The predicted octanol–water partition coefficient (Wildman–Crippen LogP) is 2.84. The van der Waals surface area contributed by atoms with Gasteiger partial charge in [0.25, 0.3) is 0 Å². The molecular weight excluding hydrogens is 210 g/mol. The van der Waals surface area contributed by atoms with Crippen LogP contribution in [0.25, 0.3) is 0 Å². The molecule has 1 saturated carbocycles. The third-order valence-corrected chi connectivity index (χ3v) is 2.93. The van der Waals surface area contributed by atoms with E-state index in [1.54, 1.807) is 7.11 Å². The molecule has 1 fully saturated rings. The molecule has 15 heavy (non-hydrogen) atoms. The van der Waals surface area contributed by atoms with Gasteiger partial charge in [-0.2, -0.15) is 0 Å². The molecule has 1 aliphatic carbocycles. The van der Waals surface area contributed by atoms with Crippen LogP contribution < -0.4 is 10.5 Å². The lowest BCUT2D eigenvalue weighted by molar-refractivity contribution is 0.411. The molecule has 1 aromatic carbocycles. The summed E-state index contributed by atoms with van der Waals surface area (Å²) in [5.74, 6) is 1.65. The molecule has 0 spiro atoms. The van der Waals surface area contributed by atoms with Crippen LogP contribution in [0.5, 0.6) is 5.75 Å². The quantitative estimate of drug-likeness (QED) is 0.862. The normalized spacial score (nSPS) is 16.7. The van der Waals surface area contributed by atoms with E-state index >= 15 is 0 Å². The highest BCUT2D eigenvalue weighted by Gasteiger charge is 2.29. The van der Waals surface area contributed by atoms with Gasteiger partial charge in [-0.05, 0) is 42.9 Å². The van der Waals surface area contributed by atoms with Crippen LogP contribution >= 0.6 is 12.4 Å². The Labute approximate surface area is 97.2 Å². The summed E-state index contributed by atoms with van der Waals surface area (Å²) in [5, 5.41) is 0. The number of methoxy groups -OCH3 is 1. The van der Waals surface area contributed by atoms with Crippen LogP contribution in [0.2, 0.25) is 0 Å². The maximum atomic E-state index is 6.12. The summed E-state index contributed by atoms with van der Waals surface area (Å²) in [6.07, 6.45) is 2.57. The van der Waals surface area contributed by atoms with Gasteiger partial charge in [0.15, 0.2) is 0 Å². The van der Waals surface area contributed by atoms with E-state index < -0.39 is 0 Å². The molecule has 2 nitrogen and oxygen atoms in total. The zero-order chi connectivity index (χ0) is 10.1. The first kappa shape index (κ1) is 12.3. The Bertz CT molecular complexity index is 336.